The number of benzene rings is 2. The molecule has 3 rings (SSSR count). The third kappa shape index (κ3) is 3.42. The summed E-state index contributed by atoms with van der Waals surface area (Å²) in [5.41, 5.74) is 1.44. The van der Waals surface area contributed by atoms with Gasteiger partial charge in [0.2, 0.25) is 0 Å². The Hall–Kier alpha value is -1.58. The van der Waals surface area contributed by atoms with E-state index in [2.05, 4.69) is 43.8 Å². The van der Waals surface area contributed by atoms with Crippen LogP contribution in [0.15, 0.2) is 58.6 Å². The van der Waals surface area contributed by atoms with Crippen molar-refractivity contribution in [2.75, 3.05) is 4.90 Å². The number of rotatable bonds is 2. The number of anilines is 1. The van der Waals surface area contributed by atoms with E-state index in [1.165, 1.54) is 4.90 Å². The Bertz CT molecular complexity index is 898. The van der Waals surface area contributed by atoms with Gasteiger partial charge in [0.1, 0.15) is 5.57 Å². The largest absolute Gasteiger partial charge is 0.298 e. The topological polar surface area (TPSA) is 49.4 Å². The fraction of sp³-hybridized carbons (Fsp3) is 0. The van der Waals surface area contributed by atoms with Crippen molar-refractivity contribution in [3.05, 3.63) is 67.7 Å². The summed E-state index contributed by atoms with van der Waals surface area (Å²) in [6, 6.07) is 14.7. The molecule has 0 saturated carbocycles. The summed E-state index contributed by atoms with van der Waals surface area (Å²) < 4.78 is 1.76. The number of carbonyl (C=O) groups excluding carboxylic acids is 2. The lowest BCUT2D eigenvalue weighted by Gasteiger charge is -2.29. The molecule has 2 amide bonds. The number of hydrogen-bond donors (Lipinski definition) is 1. The van der Waals surface area contributed by atoms with Gasteiger partial charge >= 0.3 is 0 Å². The molecule has 1 aliphatic rings. The molecular weight excluding hydrogens is 503 g/mol. The smallest absolute Gasteiger partial charge is 0.270 e. The number of halogens is 2. The molecule has 2 aromatic rings. The normalized spacial score (nSPS) is 16.5. The number of hydrogen-bond acceptors (Lipinski definition) is 3. The van der Waals surface area contributed by atoms with E-state index in [4.69, 9.17) is 12.2 Å². The Morgan fingerprint density at radius 2 is 1.88 bits per heavy atom. The van der Waals surface area contributed by atoms with Gasteiger partial charge in [-0.3, -0.25) is 19.8 Å². The molecular formula is C17H10BrIN2O2S. The Labute approximate surface area is 166 Å². The minimum absolute atomic E-state index is 0.0488. The van der Waals surface area contributed by atoms with Crippen molar-refractivity contribution in [3.63, 3.8) is 0 Å². The van der Waals surface area contributed by atoms with Crippen molar-refractivity contribution < 1.29 is 9.59 Å². The van der Waals surface area contributed by atoms with Crippen LogP contribution in [0.5, 0.6) is 0 Å². The molecule has 0 bridgehead atoms. The highest BCUT2D eigenvalue weighted by Crippen LogP contribution is 2.25. The Kier molecular flexibility index (Phi) is 5.12. The van der Waals surface area contributed by atoms with Crippen molar-refractivity contribution in [3.8, 4) is 0 Å². The van der Waals surface area contributed by atoms with Crippen LogP contribution in [0.1, 0.15) is 5.56 Å². The second kappa shape index (κ2) is 7.12. The summed E-state index contributed by atoms with van der Waals surface area (Å²) in [6.07, 6.45) is 1.59. The highest BCUT2D eigenvalue weighted by atomic mass is 127. The van der Waals surface area contributed by atoms with E-state index in [1.54, 1.807) is 24.3 Å². The highest BCUT2D eigenvalue weighted by Gasteiger charge is 2.34. The number of nitrogens with one attached hydrogen (secondary N) is 1. The quantitative estimate of drug-likeness (QED) is 0.287. The molecule has 0 spiro atoms. The zero-order valence-electron chi connectivity index (χ0n) is 12.1. The van der Waals surface area contributed by atoms with Gasteiger partial charge in [-0.2, -0.15) is 0 Å². The standard InChI is InChI=1S/C17H10BrIN2O2S/c18-11-5-3-6-12(9-11)21-16(23)13(15(22)20-17(21)24)8-10-4-1-2-7-14(10)19/h1-9H,(H,20,22,24)/b13-8+. The van der Waals surface area contributed by atoms with Crippen molar-refractivity contribution in [2.24, 2.45) is 0 Å². The van der Waals surface area contributed by atoms with Gasteiger partial charge in [-0.05, 0) is 70.7 Å². The van der Waals surface area contributed by atoms with Crippen LogP contribution in [0.3, 0.4) is 0 Å². The van der Waals surface area contributed by atoms with Crippen LogP contribution in [-0.4, -0.2) is 16.9 Å². The molecule has 0 unspecified atom stereocenters. The van der Waals surface area contributed by atoms with E-state index < -0.39 is 11.8 Å². The van der Waals surface area contributed by atoms with E-state index in [0.29, 0.717) is 5.69 Å². The average molecular weight is 513 g/mol. The monoisotopic (exact) mass is 512 g/mol. The lowest BCUT2D eigenvalue weighted by atomic mass is 10.1. The van der Waals surface area contributed by atoms with Gasteiger partial charge in [0.15, 0.2) is 5.11 Å². The molecule has 0 aliphatic carbocycles. The first-order valence-corrected chi connectivity index (χ1v) is 9.17. The number of amides is 2. The number of nitrogens with zero attached hydrogens (tertiary/aromatic N) is 1. The summed E-state index contributed by atoms with van der Waals surface area (Å²) in [7, 11) is 0. The van der Waals surface area contributed by atoms with E-state index in [1.807, 2.05) is 30.3 Å². The second-order valence-electron chi connectivity index (χ2n) is 4.96. The summed E-state index contributed by atoms with van der Waals surface area (Å²) in [5, 5.41) is 2.65. The van der Waals surface area contributed by atoms with Crippen LogP contribution in [0, 0.1) is 3.57 Å². The van der Waals surface area contributed by atoms with Crippen LogP contribution in [-0.2, 0) is 9.59 Å². The molecule has 7 heteroatoms. The lowest BCUT2D eigenvalue weighted by molar-refractivity contribution is -0.122. The molecule has 0 radical (unpaired) electrons. The van der Waals surface area contributed by atoms with Crippen LogP contribution in [0.2, 0.25) is 0 Å². The van der Waals surface area contributed by atoms with Crippen LogP contribution in [0.25, 0.3) is 6.08 Å². The van der Waals surface area contributed by atoms with Gasteiger partial charge in [0.05, 0.1) is 5.69 Å². The third-order valence-electron chi connectivity index (χ3n) is 3.37. The Morgan fingerprint density at radius 3 is 2.58 bits per heavy atom. The van der Waals surface area contributed by atoms with Crippen LogP contribution in [0.4, 0.5) is 5.69 Å². The molecule has 24 heavy (non-hydrogen) atoms. The predicted molar refractivity (Wildman–Crippen MR) is 110 cm³/mol. The van der Waals surface area contributed by atoms with Gasteiger partial charge in [-0.15, -0.1) is 0 Å². The van der Waals surface area contributed by atoms with Gasteiger partial charge in [0, 0.05) is 8.04 Å². The minimum atomic E-state index is -0.490. The summed E-state index contributed by atoms with van der Waals surface area (Å²) in [6.45, 7) is 0. The molecule has 0 aromatic heterocycles. The van der Waals surface area contributed by atoms with Gasteiger partial charge in [0.25, 0.3) is 11.8 Å². The first-order chi connectivity index (χ1) is 11.5. The van der Waals surface area contributed by atoms with E-state index in [9.17, 15) is 9.59 Å². The number of carbonyl (C=O) groups is 2. The number of thiocarbonyl (C=S) groups is 1. The van der Waals surface area contributed by atoms with Crippen molar-refractivity contribution in [1.29, 1.82) is 0 Å². The maximum atomic E-state index is 12.9. The van der Waals surface area contributed by atoms with Crippen molar-refractivity contribution in [2.45, 2.75) is 0 Å². The molecule has 1 aliphatic heterocycles. The fourth-order valence-electron chi connectivity index (χ4n) is 2.25. The summed E-state index contributed by atoms with van der Waals surface area (Å²) in [4.78, 5) is 26.4. The Balaban J connectivity index is 2.05. The van der Waals surface area contributed by atoms with E-state index in [0.717, 1.165) is 13.6 Å². The van der Waals surface area contributed by atoms with Gasteiger partial charge < -0.3 is 0 Å². The Morgan fingerprint density at radius 1 is 1.12 bits per heavy atom. The average Bonchev–Trinajstić information content (AvgIpc) is 2.53. The zero-order valence-corrected chi connectivity index (χ0v) is 16.7. The van der Waals surface area contributed by atoms with Gasteiger partial charge in [-0.1, -0.05) is 40.2 Å². The molecule has 1 fully saturated rings. The maximum absolute atomic E-state index is 12.9. The molecule has 4 nitrogen and oxygen atoms in total. The summed E-state index contributed by atoms with van der Waals surface area (Å²) >= 11 is 10.7. The van der Waals surface area contributed by atoms with Crippen molar-refractivity contribution in [1.82, 2.24) is 5.32 Å². The van der Waals surface area contributed by atoms with E-state index in [-0.39, 0.29) is 10.7 Å². The molecule has 120 valence electrons. The minimum Gasteiger partial charge on any atom is -0.298 e. The third-order valence-corrected chi connectivity index (χ3v) is 5.13. The fourth-order valence-corrected chi connectivity index (χ4v) is 3.47. The first kappa shape index (κ1) is 17.2. The molecule has 1 N–H and O–H groups in total. The summed E-state index contributed by atoms with van der Waals surface area (Å²) in [5.74, 6) is -0.933. The molecule has 2 aromatic carbocycles. The first-order valence-electron chi connectivity index (χ1n) is 6.89. The lowest BCUT2D eigenvalue weighted by Crippen LogP contribution is -2.54. The zero-order chi connectivity index (χ0) is 17.3. The van der Waals surface area contributed by atoms with Crippen molar-refractivity contribution >= 4 is 79.4 Å². The van der Waals surface area contributed by atoms with Crippen LogP contribution < -0.4 is 10.2 Å². The highest BCUT2D eigenvalue weighted by molar-refractivity contribution is 14.1. The SMILES string of the molecule is O=C1NC(=S)N(c2cccc(Br)c2)C(=O)/C1=C/c1ccccc1I. The second-order valence-corrected chi connectivity index (χ2v) is 7.42. The molecule has 1 saturated heterocycles. The molecule has 0 atom stereocenters. The predicted octanol–water partition coefficient (Wildman–Crippen LogP) is 3.89. The maximum Gasteiger partial charge on any atom is 0.270 e. The van der Waals surface area contributed by atoms with Crippen LogP contribution >= 0.6 is 50.7 Å². The molecule has 1 heterocycles. The van der Waals surface area contributed by atoms with E-state index >= 15 is 0 Å². The van der Waals surface area contributed by atoms with Gasteiger partial charge in [-0.25, -0.2) is 0 Å².